The van der Waals surface area contributed by atoms with Crippen molar-refractivity contribution in [1.82, 2.24) is 20.0 Å². The first kappa shape index (κ1) is 18.9. The van der Waals surface area contributed by atoms with Crippen molar-refractivity contribution >= 4 is 5.91 Å². The number of hydrogen-bond donors (Lipinski definition) is 0. The highest BCUT2D eigenvalue weighted by Crippen LogP contribution is 2.29. The molecule has 0 saturated carbocycles. The maximum atomic E-state index is 12.6. The Kier molecular flexibility index (Phi) is 5.41. The molecule has 8 nitrogen and oxygen atoms in total. The first-order chi connectivity index (χ1) is 14.1. The smallest absolute Gasteiger partial charge is 0.292 e. The molecule has 4 rings (SSSR count). The summed E-state index contributed by atoms with van der Waals surface area (Å²) in [6, 6.07) is 10.7. The number of ether oxygens (including phenoxy) is 2. The molecule has 8 heteroatoms. The monoisotopic (exact) mass is 394 g/mol. The predicted molar refractivity (Wildman–Crippen MR) is 104 cm³/mol. The van der Waals surface area contributed by atoms with Gasteiger partial charge in [0, 0.05) is 42.9 Å². The van der Waals surface area contributed by atoms with Crippen LogP contribution in [0.2, 0.25) is 0 Å². The molecule has 2 aromatic heterocycles. The standard InChI is InChI=1S/C21H22N4O4/c1-14-11-19(28-17-7-3-6-16(12-17)27-2)24-20(23-14)15-5-4-10-25(13-15)21(26)18-8-9-22-29-18/h3,6-9,11-12,15H,4-5,10,13H2,1-2H3. The molecule has 0 spiro atoms. The van der Waals surface area contributed by atoms with Gasteiger partial charge < -0.3 is 18.9 Å². The number of aromatic nitrogens is 3. The van der Waals surface area contributed by atoms with Gasteiger partial charge in [-0.05, 0) is 31.9 Å². The van der Waals surface area contributed by atoms with Crippen LogP contribution in [0.4, 0.5) is 0 Å². The van der Waals surface area contributed by atoms with Crippen LogP contribution in [-0.4, -0.2) is 46.1 Å². The van der Waals surface area contributed by atoms with Crippen LogP contribution in [0.5, 0.6) is 17.4 Å². The van der Waals surface area contributed by atoms with Gasteiger partial charge in [0.15, 0.2) is 0 Å². The van der Waals surface area contributed by atoms with Crippen molar-refractivity contribution in [2.24, 2.45) is 0 Å². The molecular weight excluding hydrogens is 372 g/mol. The number of benzene rings is 1. The Morgan fingerprint density at radius 3 is 2.86 bits per heavy atom. The predicted octanol–water partition coefficient (Wildman–Crippen LogP) is 3.59. The number of likely N-dealkylation sites (tertiary alicyclic amines) is 1. The van der Waals surface area contributed by atoms with E-state index in [4.69, 9.17) is 14.0 Å². The Morgan fingerprint density at radius 2 is 2.07 bits per heavy atom. The van der Waals surface area contributed by atoms with Gasteiger partial charge in [-0.3, -0.25) is 4.79 Å². The molecule has 1 aromatic carbocycles. The number of hydrogen-bond acceptors (Lipinski definition) is 7. The normalized spacial score (nSPS) is 16.5. The van der Waals surface area contributed by atoms with E-state index in [-0.39, 0.29) is 17.6 Å². The highest BCUT2D eigenvalue weighted by atomic mass is 16.5. The zero-order valence-corrected chi connectivity index (χ0v) is 16.4. The Morgan fingerprint density at radius 1 is 1.21 bits per heavy atom. The molecule has 0 aliphatic carbocycles. The van der Waals surface area contributed by atoms with Gasteiger partial charge in [0.05, 0.1) is 13.3 Å². The van der Waals surface area contributed by atoms with Crippen LogP contribution < -0.4 is 9.47 Å². The number of nitrogens with zero attached hydrogens (tertiary/aromatic N) is 4. The Balaban J connectivity index is 1.52. The topological polar surface area (TPSA) is 90.6 Å². The van der Waals surface area contributed by atoms with Gasteiger partial charge >= 0.3 is 0 Å². The Hall–Kier alpha value is -3.42. The van der Waals surface area contributed by atoms with Crippen molar-refractivity contribution in [3.05, 3.63) is 59.9 Å². The van der Waals surface area contributed by atoms with E-state index in [1.807, 2.05) is 25.1 Å². The van der Waals surface area contributed by atoms with E-state index in [0.29, 0.717) is 36.3 Å². The van der Waals surface area contributed by atoms with Crippen molar-refractivity contribution in [1.29, 1.82) is 0 Å². The molecular formula is C21H22N4O4. The second-order valence-electron chi connectivity index (χ2n) is 6.95. The molecule has 29 heavy (non-hydrogen) atoms. The van der Waals surface area contributed by atoms with E-state index >= 15 is 0 Å². The fourth-order valence-electron chi connectivity index (χ4n) is 3.44. The first-order valence-electron chi connectivity index (χ1n) is 9.50. The number of rotatable bonds is 5. The summed E-state index contributed by atoms with van der Waals surface area (Å²) in [5.41, 5.74) is 0.812. The molecule has 1 amide bonds. The van der Waals surface area contributed by atoms with Gasteiger partial charge in [-0.1, -0.05) is 11.2 Å². The lowest BCUT2D eigenvalue weighted by Crippen LogP contribution is -2.39. The van der Waals surface area contributed by atoms with E-state index in [2.05, 4.69) is 15.1 Å². The summed E-state index contributed by atoms with van der Waals surface area (Å²) in [7, 11) is 1.61. The van der Waals surface area contributed by atoms with Crippen LogP contribution >= 0.6 is 0 Å². The maximum Gasteiger partial charge on any atom is 0.292 e. The SMILES string of the molecule is COc1cccc(Oc2cc(C)nc(C3CCCN(C(=O)c4ccno4)C3)n2)c1. The average molecular weight is 394 g/mol. The third kappa shape index (κ3) is 4.37. The summed E-state index contributed by atoms with van der Waals surface area (Å²) in [6.07, 6.45) is 3.25. The van der Waals surface area contributed by atoms with Crippen LogP contribution in [0, 0.1) is 6.92 Å². The molecule has 1 saturated heterocycles. The number of piperidine rings is 1. The number of methoxy groups -OCH3 is 1. The molecule has 1 fully saturated rings. The van der Waals surface area contributed by atoms with Crippen molar-refractivity contribution in [3.8, 4) is 17.4 Å². The third-order valence-corrected chi connectivity index (χ3v) is 4.83. The zero-order chi connectivity index (χ0) is 20.2. The summed E-state index contributed by atoms with van der Waals surface area (Å²) in [5, 5.41) is 3.62. The quantitative estimate of drug-likeness (QED) is 0.653. The van der Waals surface area contributed by atoms with Crippen molar-refractivity contribution in [2.45, 2.75) is 25.7 Å². The highest BCUT2D eigenvalue weighted by molar-refractivity contribution is 5.91. The molecule has 3 aromatic rings. The van der Waals surface area contributed by atoms with Crippen LogP contribution in [-0.2, 0) is 0 Å². The van der Waals surface area contributed by atoms with Gasteiger partial charge in [-0.25, -0.2) is 4.98 Å². The molecule has 150 valence electrons. The Bertz CT molecular complexity index is 990. The van der Waals surface area contributed by atoms with Crippen LogP contribution in [0.1, 0.15) is 40.8 Å². The fraction of sp³-hybridized carbons (Fsp3) is 0.333. The average Bonchev–Trinajstić information content (AvgIpc) is 3.28. The van der Waals surface area contributed by atoms with Gasteiger partial charge in [-0.2, -0.15) is 4.98 Å². The van der Waals surface area contributed by atoms with Gasteiger partial charge in [-0.15, -0.1) is 0 Å². The summed E-state index contributed by atoms with van der Waals surface area (Å²) >= 11 is 0. The Labute approximate surface area is 168 Å². The third-order valence-electron chi connectivity index (χ3n) is 4.83. The lowest BCUT2D eigenvalue weighted by Gasteiger charge is -2.31. The molecule has 3 heterocycles. The van der Waals surface area contributed by atoms with E-state index in [1.54, 1.807) is 30.2 Å². The molecule has 1 aliphatic rings. The number of carbonyl (C=O) groups excluding carboxylic acids is 1. The van der Waals surface area contributed by atoms with Gasteiger partial charge in [0.1, 0.15) is 17.3 Å². The van der Waals surface area contributed by atoms with Crippen molar-refractivity contribution in [2.75, 3.05) is 20.2 Å². The molecule has 1 atom stereocenters. The molecule has 1 unspecified atom stereocenters. The number of amides is 1. The summed E-state index contributed by atoms with van der Waals surface area (Å²) in [4.78, 5) is 23.6. The summed E-state index contributed by atoms with van der Waals surface area (Å²) < 4.78 is 16.2. The zero-order valence-electron chi connectivity index (χ0n) is 16.4. The van der Waals surface area contributed by atoms with Crippen LogP contribution in [0.15, 0.2) is 47.1 Å². The maximum absolute atomic E-state index is 12.6. The molecule has 0 bridgehead atoms. The minimum atomic E-state index is -0.160. The molecule has 1 aliphatic heterocycles. The number of aryl methyl sites for hydroxylation is 1. The molecule has 0 N–H and O–H groups in total. The summed E-state index contributed by atoms with van der Waals surface area (Å²) in [5.74, 6) is 2.62. The van der Waals surface area contributed by atoms with Gasteiger partial charge in [0.2, 0.25) is 11.6 Å². The molecule has 0 radical (unpaired) electrons. The van der Waals surface area contributed by atoms with Crippen LogP contribution in [0.3, 0.4) is 0 Å². The second kappa shape index (κ2) is 8.30. The lowest BCUT2D eigenvalue weighted by molar-refractivity contribution is 0.0662. The lowest BCUT2D eigenvalue weighted by atomic mass is 9.97. The van der Waals surface area contributed by atoms with E-state index in [1.165, 1.54) is 6.20 Å². The fourth-order valence-corrected chi connectivity index (χ4v) is 3.44. The number of carbonyl (C=O) groups is 1. The van der Waals surface area contributed by atoms with Gasteiger partial charge in [0.25, 0.3) is 5.91 Å². The van der Waals surface area contributed by atoms with E-state index < -0.39 is 0 Å². The van der Waals surface area contributed by atoms with Crippen molar-refractivity contribution < 1.29 is 18.8 Å². The van der Waals surface area contributed by atoms with Crippen molar-refractivity contribution in [3.63, 3.8) is 0 Å². The first-order valence-corrected chi connectivity index (χ1v) is 9.50. The van der Waals surface area contributed by atoms with Crippen LogP contribution in [0.25, 0.3) is 0 Å². The largest absolute Gasteiger partial charge is 0.497 e. The minimum absolute atomic E-state index is 0.0307. The minimum Gasteiger partial charge on any atom is -0.497 e. The second-order valence-corrected chi connectivity index (χ2v) is 6.95. The van der Waals surface area contributed by atoms with E-state index in [0.717, 1.165) is 18.5 Å². The summed E-state index contributed by atoms with van der Waals surface area (Å²) in [6.45, 7) is 3.11. The van der Waals surface area contributed by atoms with E-state index in [9.17, 15) is 4.79 Å². The highest BCUT2D eigenvalue weighted by Gasteiger charge is 2.29.